The fourth-order valence-electron chi connectivity index (χ4n) is 2.51. The average molecular weight is 302 g/mol. The molecule has 0 spiro atoms. The lowest BCUT2D eigenvalue weighted by atomic mass is 10.0. The summed E-state index contributed by atoms with van der Waals surface area (Å²) in [6, 6.07) is 2.74. The number of aliphatic carboxylic acids is 1. The zero-order valence-electron chi connectivity index (χ0n) is 11.4. The summed E-state index contributed by atoms with van der Waals surface area (Å²) in [5, 5.41) is 8.74. The zero-order valence-corrected chi connectivity index (χ0v) is 11.4. The lowest BCUT2D eigenvalue weighted by molar-refractivity contribution is -0.138. The van der Waals surface area contributed by atoms with Crippen molar-refractivity contribution < 1.29 is 23.1 Å². The number of halogens is 3. The van der Waals surface area contributed by atoms with Gasteiger partial charge in [-0.2, -0.15) is 13.2 Å². The van der Waals surface area contributed by atoms with Crippen molar-refractivity contribution in [3.8, 4) is 0 Å². The van der Waals surface area contributed by atoms with Crippen LogP contribution in [0.15, 0.2) is 18.2 Å². The Kier molecular flexibility index (Phi) is 4.41. The number of hydrogen-bond donors (Lipinski definition) is 2. The maximum atomic E-state index is 13.2. The van der Waals surface area contributed by atoms with Crippen molar-refractivity contribution in [2.24, 2.45) is 5.73 Å². The second-order valence-corrected chi connectivity index (χ2v) is 5.19. The van der Waals surface area contributed by atoms with Crippen LogP contribution in [0.2, 0.25) is 0 Å². The minimum atomic E-state index is -4.47. The lowest BCUT2D eigenvalue weighted by Crippen LogP contribution is -2.32. The van der Waals surface area contributed by atoms with Crippen LogP contribution in [-0.4, -0.2) is 30.2 Å². The number of carboxylic acids is 1. The quantitative estimate of drug-likeness (QED) is 0.895. The van der Waals surface area contributed by atoms with Gasteiger partial charge in [-0.3, -0.25) is 4.79 Å². The summed E-state index contributed by atoms with van der Waals surface area (Å²) in [6.07, 6.45) is -2.84. The molecule has 1 unspecified atom stereocenters. The Morgan fingerprint density at radius 3 is 2.48 bits per heavy atom. The Labute approximate surface area is 120 Å². The molecule has 2 rings (SSSR count). The van der Waals surface area contributed by atoms with Gasteiger partial charge >= 0.3 is 12.1 Å². The molecule has 0 bridgehead atoms. The Bertz CT molecular complexity index is 525. The van der Waals surface area contributed by atoms with Gasteiger partial charge in [0.25, 0.3) is 0 Å². The van der Waals surface area contributed by atoms with Gasteiger partial charge in [-0.15, -0.1) is 0 Å². The number of hydrogen-bond acceptors (Lipinski definition) is 3. The highest BCUT2D eigenvalue weighted by atomic mass is 19.4. The number of nitrogens with two attached hydrogens (primary N) is 1. The number of rotatable bonds is 4. The van der Waals surface area contributed by atoms with Crippen molar-refractivity contribution in [2.75, 3.05) is 18.0 Å². The smallest absolute Gasteiger partial charge is 0.418 e. The van der Waals surface area contributed by atoms with Crippen LogP contribution in [-0.2, 0) is 17.4 Å². The van der Waals surface area contributed by atoms with Crippen LogP contribution in [0, 0.1) is 0 Å². The Morgan fingerprint density at radius 1 is 1.33 bits per heavy atom. The van der Waals surface area contributed by atoms with E-state index in [-0.39, 0.29) is 17.7 Å². The number of carbonyl (C=O) groups is 1. The van der Waals surface area contributed by atoms with Crippen LogP contribution < -0.4 is 10.6 Å². The second-order valence-electron chi connectivity index (χ2n) is 5.19. The molecule has 0 aliphatic carbocycles. The first-order chi connectivity index (χ1) is 9.79. The maximum absolute atomic E-state index is 13.2. The summed E-state index contributed by atoms with van der Waals surface area (Å²) in [4.78, 5) is 12.4. The summed E-state index contributed by atoms with van der Waals surface area (Å²) in [5.74, 6) is -1.23. The van der Waals surface area contributed by atoms with Crippen molar-refractivity contribution in [3.05, 3.63) is 29.3 Å². The molecule has 4 nitrogen and oxygen atoms in total. The molecule has 0 radical (unpaired) electrons. The number of nitrogens with zero attached hydrogens (tertiary/aromatic N) is 1. The number of benzene rings is 1. The molecule has 0 aromatic heterocycles. The SMILES string of the molecule is NC(Cc1ccc(N2CCCC2)c(C(F)(F)F)c1)C(=O)O. The standard InChI is InChI=1S/C14H17F3N2O2/c15-14(16,17)10-7-9(8-11(18)13(20)21)3-4-12(10)19-5-1-2-6-19/h3-4,7,11H,1-2,5-6,8,18H2,(H,20,21). The first-order valence-electron chi connectivity index (χ1n) is 6.72. The highest BCUT2D eigenvalue weighted by Crippen LogP contribution is 2.38. The van der Waals surface area contributed by atoms with Crippen LogP contribution in [0.3, 0.4) is 0 Å². The van der Waals surface area contributed by atoms with Gasteiger partial charge in [-0.25, -0.2) is 0 Å². The van der Waals surface area contributed by atoms with Gasteiger partial charge in [0.1, 0.15) is 6.04 Å². The minimum absolute atomic E-state index is 0.126. The van der Waals surface area contributed by atoms with Crippen LogP contribution >= 0.6 is 0 Å². The molecule has 0 saturated carbocycles. The number of carboxylic acid groups (broad SMARTS) is 1. The lowest BCUT2D eigenvalue weighted by Gasteiger charge is -2.23. The van der Waals surface area contributed by atoms with Gasteiger partial charge < -0.3 is 15.7 Å². The Balaban J connectivity index is 2.33. The van der Waals surface area contributed by atoms with Crippen molar-refractivity contribution in [1.29, 1.82) is 0 Å². The van der Waals surface area contributed by atoms with Crippen molar-refractivity contribution in [1.82, 2.24) is 0 Å². The summed E-state index contributed by atoms with van der Waals surface area (Å²) < 4.78 is 39.6. The van der Waals surface area contributed by atoms with Crippen molar-refractivity contribution >= 4 is 11.7 Å². The third kappa shape index (κ3) is 3.66. The molecular formula is C14H17F3N2O2. The second kappa shape index (κ2) is 5.93. The van der Waals surface area contributed by atoms with E-state index in [1.54, 1.807) is 4.90 Å². The highest BCUT2D eigenvalue weighted by Gasteiger charge is 2.35. The molecule has 1 atom stereocenters. The maximum Gasteiger partial charge on any atom is 0.418 e. The predicted molar refractivity (Wildman–Crippen MR) is 72.2 cm³/mol. The first-order valence-corrected chi connectivity index (χ1v) is 6.72. The molecule has 1 fully saturated rings. The molecule has 0 amide bonds. The van der Waals surface area contributed by atoms with Gasteiger partial charge in [0.15, 0.2) is 0 Å². The number of alkyl halides is 3. The fraction of sp³-hybridized carbons (Fsp3) is 0.500. The summed E-state index contributed by atoms with van der Waals surface area (Å²) in [7, 11) is 0. The van der Waals surface area contributed by atoms with E-state index in [0.29, 0.717) is 13.1 Å². The van der Waals surface area contributed by atoms with Gasteiger partial charge in [-0.05, 0) is 37.0 Å². The fourth-order valence-corrected chi connectivity index (χ4v) is 2.51. The van der Waals surface area contributed by atoms with E-state index in [1.165, 1.54) is 12.1 Å². The normalized spacial score (nSPS) is 17.0. The molecule has 116 valence electrons. The molecule has 3 N–H and O–H groups in total. The van der Waals surface area contributed by atoms with E-state index in [0.717, 1.165) is 18.9 Å². The van der Waals surface area contributed by atoms with Crippen LogP contribution in [0.4, 0.5) is 18.9 Å². The molecule has 7 heteroatoms. The van der Waals surface area contributed by atoms with Crippen LogP contribution in [0.25, 0.3) is 0 Å². The van der Waals surface area contributed by atoms with Crippen molar-refractivity contribution in [3.63, 3.8) is 0 Å². The van der Waals surface area contributed by atoms with E-state index in [2.05, 4.69) is 0 Å². The van der Waals surface area contributed by atoms with Gasteiger partial charge in [0.2, 0.25) is 0 Å². The monoisotopic (exact) mass is 302 g/mol. The molecule has 1 aromatic carbocycles. The van der Waals surface area contributed by atoms with E-state index < -0.39 is 23.8 Å². The van der Waals surface area contributed by atoms with Gasteiger partial charge in [-0.1, -0.05) is 6.07 Å². The van der Waals surface area contributed by atoms with E-state index >= 15 is 0 Å². The Morgan fingerprint density at radius 2 is 1.95 bits per heavy atom. The summed E-state index contributed by atoms with van der Waals surface area (Å²) in [5.41, 5.74) is 5.09. The third-order valence-electron chi connectivity index (χ3n) is 3.59. The van der Waals surface area contributed by atoms with E-state index in [4.69, 9.17) is 10.8 Å². The molecule has 1 aromatic rings. The predicted octanol–water partition coefficient (Wildman–Crippen LogP) is 2.26. The molecule has 1 saturated heterocycles. The first kappa shape index (κ1) is 15.6. The van der Waals surface area contributed by atoms with Gasteiger partial charge in [0.05, 0.1) is 5.56 Å². The third-order valence-corrected chi connectivity index (χ3v) is 3.59. The molecule has 1 aliphatic rings. The van der Waals surface area contributed by atoms with E-state index in [9.17, 15) is 18.0 Å². The van der Waals surface area contributed by atoms with Crippen LogP contribution in [0.5, 0.6) is 0 Å². The van der Waals surface area contributed by atoms with Gasteiger partial charge in [0, 0.05) is 18.8 Å². The molecule has 21 heavy (non-hydrogen) atoms. The molecule has 1 heterocycles. The Hall–Kier alpha value is -1.76. The molecular weight excluding hydrogens is 285 g/mol. The van der Waals surface area contributed by atoms with Crippen LogP contribution in [0.1, 0.15) is 24.0 Å². The average Bonchev–Trinajstić information content (AvgIpc) is 2.91. The molecule has 1 aliphatic heterocycles. The summed E-state index contributed by atoms with van der Waals surface area (Å²) in [6.45, 7) is 1.22. The largest absolute Gasteiger partial charge is 0.480 e. The highest BCUT2D eigenvalue weighted by molar-refractivity contribution is 5.73. The van der Waals surface area contributed by atoms with Crippen molar-refractivity contribution in [2.45, 2.75) is 31.5 Å². The minimum Gasteiger partial charge on any atom is -0.480 e. The topological polar surface area (TPSA) is 66.6 Å². The number of anilines is 1. The van der Waals surface area contributed by atoms with E-state index in [1.807, 2.05) is 0 Å². The summed E-state index contributed by atoms with van der Waals surface area (Å²) >= 11 is 0. The zero-order chi connectivity index (χ0) is 15.6.